The fourth-order valence-corrected chi connectivity index (χ4v) is 2.67. The normalized spacial score (nSPS) is 11.2. The van der Waals surface area contributed by atoms with Gasteiger partial charge in [0.1, 0.15) is 16.4 Å². The molecule has 100 valence electrons. The molecule has 0 fully saturated rings. The number of hydrogen-bond donors (Lipinski definition) is 4. The van der Waals surface area contributed by atoms with Crippen molar-refractivity contribution in [1.29, 1.82) is 0 Å². The van der Waals surface area contributed by atoms with Crippen LogP contribution in [0.5, 0.6) is 11.5 Å². The summed E-state index contributed by atoms with van der Waals surface area (Å²) >= 11 is 0. The van der Waals surface area contributed by atoms with E-state index in [1.165, 1.54) is 18.2 Å². The lowest BCUT2D eigenvalue weighted by molar-refractivity contribution is 0.440. The predicted molar refractivity (Wildman–Crippen MR) is 71.4 cm³/mol. The first-order chi connectivity index (χ1) is 8.88. The van der Waals surface area contributed by atoms with Crippen molar-refractivity contribution in [1.82, 2.24) is 0 Å². The third-order valence-electron chi connectivity index (χ3n) is 2.37. The van der Waals surface area contributed by atoms with Gasteiger partial charge in [0.15, 0.2) is 0 Å². The standard InChI is InChI=1S/C12H12N2O4S/c13-8-2-1-3-9(6-8)14-19(17,18)12-5-4-10(15)7-11(12)16/h1-7,14-16H,13H2. The Morgan fingerprint density at radius 1 is 1.05 bits per heavy atom. The average Bonchev–Trinajstić information content (AvgIpc) is 2.27. The van der Waals surface area contributed by atoms with E-state index < -0.39 is 15.8 Å². The van der Waals surface area contributed by atoms with Gasteiger partial charge in [0.25, 0.3) is 10.0 Å². The lowest BCUT2D eigenvalue weighted by Crippen LogP contribution is -2.13. The van der Waals surface area contributed by atoms with Crippen molar-refractivity contribution < 1.29 is 18.6 Å². The minimum atomic E-state index is -3.94. The van der Waals surface area contributed by atoms with Crippen molar-refractivity contribution in [2.24, 2.45) is 0 Å². The van der Waals surface area contributed by atoms with E-state index in [1.54, 1.807) is 12.1 Å². The SMILES string of the molecule is Nc1cccc(NS(=O)(=O)c2ccc(O)cc2O)c1. The highest BCUT2D eigenvalue weighted by atomic mass is 32.2. The first-order valence-corrected chi connectivity index (χ1v) is 6.77. The van der Waals surface area contributed by atoms with Crippen LogP contribution in [0.2, 0.25) is 0 Å². The van der Waals surface area contributed by atoms with E-state index in [0.29, 0.717) is 5.69 Å². The molecule has 0 aliphatic heterocycles. The lowest BCUT2D eigenvalue weighted by atomic mass is 10.3. The van der Waals surface area contributed by atoms with Gasteiger partial charge in [0.05, 0.1) is 5.69 Å². The monoisotopic (exact) mass is 280 g/mol. The van der Waals surface area contributed by atoms with Crippen molar-refractivity contribution in [3.63, 3.8) is 0 Å². The predicted octanol–water partition coefficient (Wildman–Crippen LogP) is 1.48. The smallest absolute Gasteiger partial charge is 0.265 e. The van der Waals surface area contributed by atoms with E-state index in [0.717, 1.165) is 12.1 Å². The highest BCUT2D eigenvalue weighted by Crippen LogP contribution is 2.28. The third kappa shape index (κ3) is 2.89. The molecule has 2 rings (SSSR count). The second-order valence-corrected chi connectivity index (χ2v) is 5.53. The summed E-state index contributed by atoms with van der Waals surface area (Å²) in [5, 5.41) is 18.7. The molecule has 0 saturated heterocycles. The Bertz CT molecular complexity index is 713. The van der Waals surface area contributed by atoms with Crippen LogP contribution < -0.4 is 10.5 Å². The van der Waals surface area contributed by atoms with E-state index in [2.05, 4.69) is 4.72 Å². The zero-order valence-corrected chi connectivity index (χ0v) is 10.6. The summed E-state index contributed by atoms with van der Waals surface area (Å²) in [6.07, 6.45) is 0. The van der Waals surface area contributed by atoms with Crippen LogP contribution >= 0.6 is 0 Å². The van der Waals surface area contributed by atoms with E-state index in [4.69, 9.17) is 10.8 Å². The second-order valence-electron chi connectivity index (χ2n) is 3.88. The van der Waals surface area contributed by atoms with Crippen LogP contribution in [0.1, 0.15) is 0 Å². The number of phenols is 2. The van der Waals surface area contributed by atoms with Gasteiger partial charge in [-0.05, 0) is 30.3 Å². The highest BCUT2D eigenvalue weighted by Gasteiger charge is 2.19. The van der Waals surface area contributed by atoms with Gasteiger partial charge < -0.3 is 15.9 Å². The number of benzene rings is 2. The highest BCUT2D eigenvalue weighted by molar-refractivity contribution is 7.92. The number of nitrogen functional groups attached to an aromatic ring is 1. The molecule has 0 aliphatic rings. The largest absolute Gasteiger partial charge is 0.508 e. The number of phenolic OH excluding ortho intramolecular Hbond substituents is 2. The Kier molecular flexibility index (Phi) is 3.22. The molecule has 0 atom stereocenters. The summed E-state index contributed by atoms with van der Waals surface area (Å²) in [7, 11) is -3.94. The maximum atomic E-state index is 12.1. The second kappa shape index (κ2) is 4.69. The van der Waals surface area contributed by atoms with Crippen molar-refractivity contribution in [3.05, 3.63) is 42.5 Å². The molecule has 0 spiro atoms. The van der Waals surface area contributed by atoms with Crippen LogP contribution in [0, 0.1) is 0 Å². The Morgan fingerprint density at radius 3 is 2.42 bits per heavy atom. The maximum absolute atomic E-state index is 12.1. The molecule has 0 aliphatic carbocycles. The van der Waals surface area contributed by atoms with Crippen LogP contribution in [0.3, 0.4) is 0 Å². The first kappa shape index (κ1) is 13.0. The summed E-state index contributed by atoms with van der Waals surface area (Å²) in [4.78, 5) is -0.326. The Labute approximate surface area is 110 Å². The lowest BCUT2D eigenvalue weighted by Gasteiger charge is -2.10. The number of hydrogen-bond acceptors (Lipinski definition) is 5. The van der Waals surface area contributed by atoms with Crippen LogP contribution in [0.4, 0.5) is 11.4 Å². The third-order valence-corrected chi connectivity index (χ3v) is 3.80. The van der Waals surface area contributed by atoms with E-state index >= 15 is 0 Å². The quantitative estimate of drug-likeness (QED) is 0.636. The van der Waals surface area contributed by atoms with Crippen molar-refractivity contribution in [2.75, 3.05) is 10.5 Å². The molecular weight excluding hydrogens is 268 g/mol. The average molecular weight is 280 g/mol. The minimum Gasteiger partial charge on any atom is -0.508 e. The van der Waals surface area contributed by atoms with Crippen LogP contribution in [0.25, 0.3) is 0 Å². The fourth-order valence-electron chi connectivity index (χ4n) is 1.55. The number of nitrogens with two attached hydrogens (primary N) is 1. The van der Waals surface area contributed by atoms with Gasteiger partial charge in [-0.15, -0.1) is 0 Å². The molecule has 2 aromatic rings. The van der Waals surface area contributed by atoms with Gasteiger partial charge >= 0.3 is 0 Å². The van der Waals surface area contributed by atoms with E-state index in [9.17, 15) is 13.5 Å². The molecule has 5 N–H and O–H groups in total. The van der Waals surface area contributed by atoms with Gasteiger partial charge in [0.2, 0.25) is 0 Å². The van der Waals surface area contributed by atoms with Crippen LogP contribution in [-0.4, -0.2) is 18.6 Å². The molecule has 19 heavy (non-hydrogen) atoms. The molecule has 0 radical (unpaired) electrons. The molecule has 0 aromatic heterocycles. The molecule has 0 amide bonds. The zero-order valence-electron chi connectivity index (χ0n) is 9.74. The molecule has 0 heterocycles. The Hall–Kier alpha value is -2.41. The minimum absolute atomic E-state index is 0.222. The van der Waals surface area contributed by atoms with Gasteiger partial charge in [-0.2, -0.15) is 0 Å². The van der Waals surface area contributed by atoms with Gasteiger partial charge in [-0.25, -0.2) is 8.42 Å². The number of sulfonamides is 1. The van der Waals surface area contributed by atoms with Gasteiger partial charge in [-0.1, -0.05) is 6.07 Å². The molecule has 0 bridgehead atoms. The van der Waals surface area contributed by atoms with Crippen molar-refractivity contribution in [3.8, 4) is 11.5 Å². The number of aromatic hydroxyl groups is 2. The Balaban J connectivity index is 2.38. The van der Waals surface area contributed by atoms with E-state index in [1.807, 2.05) is 0 Å². The Morgan fingerprint density at radius 2 is 1.79 bits per heavy atom. The van der Waals surface area contributed by atoms with Crippen LogP contribution in [-0.2, 0) is 10.0 Å². The van der Waals surface area contributed by atoms with Crippen LogP contribution in [0.15, 0.2) is 47.4 Å². The molecule has 6 nitrogen and oxygen atoms in total. The van der Waals surface area contributed by atoms with Gasteiger partial charge in [0, 0.05) is 11.8 Å². The topological polar surface area (TPSA) is 113 Å². The van der Waals surface area contributed by atoms with Crippen molar-refractivity contribution >= 4 is 21.4 Å². The fraction of sp³-hybridized carbons (Fsp3) is 0. The van der Waals surface area contributed by atoms with Crippen molar-refractivity contribution in [2.45, 2.75) is 4.90 Å². The molecule has 0 saturated carbocycles. The van der Waals surface area contributed by atoms with Gasteiger partial charge in [-0.3, -0.25) is 4.72 Å². The summed E-state index contributed by atoms with van der Waals surface area (Å²) in [6.45, 7) is 0. The summed E-state index contributed by atoms with van der Waals surface area (Å²) in [5.41, 5.74) is 6.25. The molecule has 0 unspecified atom stereocenters. The summed E-state index contributed by atoms with van der Waals surface area (Å²) < 4.78 is 26.4. The zero-order chi connectivity index (χ0) is 14.0. The molecular formula is C12H12N2O4S. The number of anilines is 2. The summed E-state index contributed by atoms with van der Waals surface area (Å²) in [6, 6.07) is 9.45. The number of nitrogens with one attached hydrogen (secondary N) is 1. The van der Waals surface area contributed by atoms with E-state index in [-0.39, 0.29) is 16.3 Å². The maximum Gasteiger partial charge on any atom is 0.265 e. The first-order valence-electron chi connectivity index (χ1n) is 5.29. The summed E-state index contributed by atoms with van der Waals surface area (Å²) in [5.74, 6) is -0.753. The molecule has 2 aromatic carbocycles. The molecule has 7 heteroatoms. The number of rotatable bonds is 3.